The lowest BCUT2D eigenvalue weighted by molar-refractivity contribution is -0.156. The van der Waals surface area contributed by atoms with Gasteiger partial charge in [0.15, 0.2) is 0 Å². The van der Waals surface area contributed by atoms with Crippen LogP contribution in [0.25, 0.3) is 0 Å². The molecule has 0 bridgehead atoms. The Bertz CT molecular complexity index is 718. The number of hydrogen-bond acceptors (Lipinski definition) is 9. The SMILES string of the molecule is CC(=O)N1CC(S(N)(=O)=O)C1.CC(=O)OC(C)=O.Cl.NS(=O)(=O)C1CNC1. The van der Waals surface area contributed by atoms with Gasteiger partial charge in [-0.1, -0.05) is 0 Å². The van der Waals surface area contributed by atoms with Crippen LogP contribution >= 0.6 is 12.4 Å². The first kappa shape index (κ1) is 27.9. The highest BCUT2D eigenvalue weighted by molar-refractivity contribution is 7.90. The van der Waals surface area contributed by atoms with Crippen molar-refractivity contribution in [3.63, 3.8) is 0 Å². The molecule has 12 nitrogen and oxygen atoms in total. The van der Waals surface area contributed by atoms with Gasteiger partial charge in [-0.15, -0.1) is 12.4 Å². The maximum Gasteiger partial charge on any atom is 0.310 e. The van der Waals surface area contributed by atoms with E-state index in [1.54, 1.807) is 0 Å². The zero-order valence-corrected chi connectivity index (χ0v) is 17.5. The van der Waals surface area contributed by atoms with E-state index in [1.165, 1.54) is 25.7 Å². The summed E-state index contributed by atoms with van der Waals surface area (Å²) in [6, 6.07) is 0. The molecule has 0 aliphatic carbocycles. The Balaban J connectivity index is 0. The molecule has 160 valence electrons. The number of ether oxygens (including phenoxy) is 1. The first-order chi connectivity index (χ1) is 11.6. The molecule has 0 unspecified atom stereocenters. The van der Waals surface area contributed by atoms with E-state index >= 15 is 0 Å². The van der Waals surface area contributed by atoms with Crippen molar-refractivity contribution in [1.82, 2.24) is 10.2 Å². The summed E-state index contributed by atoms with van der Waals surface area (Å²) >= 11 is 0. The van der Waals surface area contributed by atoms with Crippen molar-refractivity contribution in [3.05, 3.63) is 0 Å². The van der Waals surface area contributed by atoms with E-state index in [4.69, 9.17) is 10.3 Å². The topological polar surface area (TPSA) is 196 Å². The van der Waals surface area contributed by atoms with Crippen LogP contribution in [0.3, 0.4) is 0 Å². The van der Waals surface area contributed by atoms with Crippen LogP contribution in [0.4, 0.5) is 0 Å². The lowest BCUT2D eigenvalue weighted by Gasteiger charge is -2.36. The largest absolute Gasteiger partial charge is 0.394 e. The van der Waals surface area contributed by atoms with Crippen molar-refractivity contribution in [2.45, 2.75) is 31.3 Å². The van der Waals surface area contributed by atoms with Gasteiger partial charge in [-0.2, -0.15) is 0 Å². The first-order valence-electron chi connectivity index (χ1n) is 7.33. The van der Waals surface area contributed by atoms with Crippen LogP contribution in [-0.2, 0) is 39.2 Å². The Morgan fingerprint density at radius 2 is 1.26 bits per heavy atom. The number of carbonyl (C=O) groups excluding carboxylic acids is 3. The lowest BCUT2D eigenvalue weighted by Crippen LogP contribution is -2.57. The molecule has 0 radical (unpaired) electrons. The zero-order chi connectivity index (χ0) is 20.7. The van der Waals surface area contributed by atoms with Gasteiger partial charge in [0.05, 0.1) is 5.25 Å². The number of sulfonamides is 2. The third-order valence-corrected chi connectivity index (χ3v) is 5.74. The number of amides is 1. The van der Waals surface area contributed by atoms with Gasteiger partial charge in [-0.25, -0.2) is 27.1 Å². The minimum atomic E-state index is -3.43. The molecule has 2 rings (SSSR count). The van der Waals surface area contributed by atoms with E-state index in [9.17, 15) is 31.2 Å². The molecule has 15 heteroatoms. The number of likely N-dealkylation sites (tertiary alicyclic amines) is 1. The fraction of sp³-hybridized carbons (Fsp3) is 0.750. The molecule has 27 heavy (non-hydrogen) atoms. The molecular weight excluding hydrogens is 428 g/mol. The van der Waals surface area contributed by atoms with Gasteiger partial charge in [-0.3, -0.25) is 14.4 Å². The van der Waals surface area contributed by atoms with Gasteiger partial charge in [0.2, 0.25) is 26.0 Å². The van der Waals surface area contributed by atoms with E-state index in [0.29, 0.717) is 13.1 Å². The maximum absolute atomic E-state index is 10.6. The zero-order valence-electron chi connectivity index (χ0n) is 15.1. The Hall–Kier alpha value is -1.32. The summed E-state index contributed by atoms with van der Waals surface area (Å²) in [5.74, 6) is -1.23. The van der Waals surface area contributed by atoms with Gasteiger partial charge in [-0.05, 0) is 0 Å². The van der Waals surface area contributed by atoms with Crippen LogP contribution in [0.15, 0.2) is 0 Å². The number of primary sulfonamides is 2. The third-order valence-electron chi connectivity index (χ3n) is 3.25. The summed E-state index contributed by atoms with van der Waals surface area (Å²) in [6.07, 6.45) is 0. The van der Waals surface area contributed by atoms with E-state index in [-0.39, 0.29) is 36.7 Å². The Morgan fingerprint density at radius 3 is 1.37 bits per heavy atom. The number of nitrogens with zero attached hydrogens (tertiary/aromatic N) is 1. The smallest absolute Gasteiger partial charge is 0.310 e. The van der Waals surface area contributed by atoms with Crippen LogP contribution in [-0.4, -0.2) is 76.3 Å². The molecule has 0 aromatic carbocycles. The molecule has 0 spiro atoms. The minimum Gasteiger partial charge on any atom is -0.394 e. The van der Waals surface area contributed by atoms with Crippen LogP contribution in [0, 0.1) is 0 Å². The summed E-state index contributed by atoms with van der Waals surface area (Å²) in [5.41, 5.74) is 0. The quantitative estimate of drug-likeness (QED) is 0.294. The Morgan fingerprint density at radius 1 is 0.889 bits per heavy atom. The number of nitrogens with one attached hydrogen (secondary N) is 1. The molecule has 2 aliphatic heterocycles. The second-order valence-corrected chi connectivity index (χ2v) is 9.28. The van der Waals surface area contributed by atoms with Gasteiger partial charge in [0, 0.05) is 47.0 Å². The number of rotatable bonds is 2. The number of nitrogens with two attached hydrogens (primary N) is 2. The summed E-state index contributed by atoms with van der Waals surface area (Å²) in [5, 5.41) is 11.5. The van der Waals surface area contributed by atoms with Crippen LogP contribution in [0.5, 0.6) is 0 Å². The van der Waals surface area contributed by atoms with E-state index in [2.05, 4.69) is 10.1 Å². The third kappa shape index (κ3) is 11.9. The average molecular weight is 453 g/mol. The molecule has 0 saturated carbocycles. The fourth-order valence-electron chi connectivity index (χ4n) is 1.60. The van der Waals surface area contributed by atoms with Crippen LogP contribution < -0.4 is 15.6 Å². The standard InChI is InChI=1S/C5H10N2O3S.C4H6O3.C3H8N2O2S.ClH/c1-4(8)7-2-5(3-7)11(6,9)10;1-3(5)7-4(2)6;4-8(6,7)3-1-5-2-3;/h5H,2-3H2,1H3,(H2,6,9,10);1-2H3;3,5H,1-2H2,(H2,4,6,7);1H. The summed E-state index contributed by atoms with van der Waals surface area (Å²) < 4.78 is 45.9. The number of esters is 2. The minimum absolute atomic E-state index is 0. The Labute approximate surface area is 164 Å². The molecule has 2 saturated heterocycles. The normalized spacial score (nSPS) is 16.7. The molecule has 5 N–H and O–H groups in total. The molecule has 0 aromatic heterocycles. The first-order valence-corrected chi connectivity index (χ1v) is 10.5. The molecule has 2 aliphatic rings. The summed E-state index contributed by atoms with van der Waals surface area (Å²) in [6.45, 7) is 5.28. The highest BCUT2D eigenvalue weighted by atomic mass is 35.5. The number of halogens is 1. The van der Waals surface area contributed by atoms with Crippen molar-refractivity contribution in [1.29, 1.82) is 0 Å². The van der Waals surface area contributed by atoms with Crippen molar-refractivity contribution in [2.24, 2.45) is 10.3 Å². The molecule has 0 aromatic rings. The molecule has 1 amide bonds. The molecular formula is C12H25ClN4O8S2. The lowest BCUT2D eigenvalue weighted by atomic mass is 10.2. The van der Waals surface area contributed by atoms with Gasteiger partial charge in [0.1, 0.15) is 5.25 Å². The second kappa shape index (κ2) is 11.5. The second-order valence-electron chi connectivity index (χ2n) is 5.59. The average Bonchev–Trinajstić information content (AvgIpc) is 2.16. The van der Waals surface area contributed by atoms with Crippen molar-refractivity contribution in [2.75, 3.05) is 26.2 Å². The van der Waals surface area contributed by atoms with Gasteiger partial charge in [0.25, 0.3) is 0 Å². The van der Waals surface area contributed by atoms with E-state index in [1.807, 2.05) is 0 Å². The summed E-state index contributed by atoms with van der Waals surface area (Å²) in [4.78, 5) is 31.7. The molecule has 0 atom stereocenters. The van der Waals surface area contributed by atoms with E-state index in [0.717, 1.165) is 0 Å². The fourth-order valence-corrected chi connectivity index (χ4v) is 3.08. The molecule has 2 heterocycles. The van der Waals surface area contributed by atoms with Crippen molar-refractivity contribution < 1.29 is 36.0 Å². The monoisotopic (exact) mass is 452 g/mol. The van der Waals surface area contributed by atoms with Crippen molar-refractivity contribution >= 4 is 50.3 Å². The number of carbonyl (C=O) groups is 3. The highest BCUT2D eigenvalue weighted by Gasteiger charge is 2.36. The van der Waals surface area contributed by atoms with Crippen LogP contribution in [0.1, 0.15) is 20.8 Å². The Kier molecular flexibility index (Phi) is 11.9. The molecule has 2 fully saturated rings. The summed E-state index contributed by atoms with van der Waals surface area (Å²) in [7, 11) is -6.66. The van der Waals surface area contributed by atoms with E-state index < -0.39 is 37.2 Å². The highest BCUT2D eigenvalue weighted by Crippen LogP contribution is 2.13. The van der Waals surface area contributed by atoms with Crippen molar-refractivity contribution in [3.8, 4) is 0 Å². The number of hydrogen-bond donors (Lipinski definition) is 3. The predicted octanol–water partition coefficient (Wildman–Crippen LogP) is -2.73. The van der Waals surface area contributed by atoms with Gasteiger partial charge >= 0.3 is 11.9 Å². The van der Waals surface area contributed by atoms with Crippen LogP contribution in [0.2, 0.25) is 0 Å². The maximum atomic E-state index is 10.6. The predicted molar refractivity (Wildman–Crippen MR) is 98.6 cm³/mol. The van der Waals surface area contributed by atoms with Gasteiger partial charge < -0.3 is 15.0 Å².